The molecule has 0 fully saturated rings. The molecule has 0 aliphatic heterocycles. The molecule has 0 saturated heterocycles. The quantitative estimate of drug-likeness (QED) is 0.513. The zero-order valence-electron chi connectivity index (χ0n) is 10.2. The molecule has 0 atom stereocenters. The first-order valence-corrected chi connectivity index (χ1v) is 5.57. The van der Waals surface area contributed by atoms with Gasteiger partial charge in [-0.3, -0.25) is 0 Å². The predicted octanol–water partition coefficient (Wildman–Crippen LogP) is 4.10. The molecule has 0 unspecified atom stereocenters. The van der Waals surface area contributed by atoms with Crippen LogP contribution in [0.2, 0.25) is 0 Å². The van der Waals surface area contributed by atoms with E-state index in [1.807, 2.05) is 0 Å². The van der Waals surface area contributed by atoms with E-state index in [1.54, 1.807) is 6.20 Å². The van der Waals surface area contributed by atoms with Gasteiger partial charge in [0.05, 0.1) is 0 Å². The van der Waals surface area contributed by atoms with Crippen LogP contribution in [0, 0.1) is 0 Å². The van der Waals surface area contributed by atoms with E-state index in [1.165, 1.54) is 11.1 Å². The van der Waals surface area contributed by atoms with Gasteiger partial charge in [0, 0.05) is 6.20 Å². The number of hydrogen-bond acceptors (Lipinski definition) is 1. The summed E-state index contributed by atoms with van der Waals surface area (Å²) in [5.74, 6) is 0. The fraction of sp³-hybridized carbons (Fsp3) is 0.429. The Balaban J connectivity index is 4.35. The average Bonchev–Trinajstić information content (AvgIpc) is 2.24. The van der Waals surface area contributed by atoms with Gasteiger partial charge in [-0.15, -0.1) is 0 Å². The van der Waals surface area contributed by atoms with Crippen molar-refractivity contribution in [2.24, 2.45) is 5.73 Å². The summed E-state index contributed by atoms with van der Waals surface area (Å²) in [5.41, 5.74) is 9.16. The Morgan fingerprint density at radius 2 is 2.00 bits per heavy atom. The molecule has 0 radical (unpaired) electrons. The third kappa shape index (κ3) is 5.95. The molecule has 0 heterocycles. The maximum atomic E-state index is 5.58. The Kier molecular flexibility index (Phi) is 7.43. The molecule has 0 rings (SSSR count). The fourth-order valence-corrected chi connectivity index (χ4v) is 1.24. The van der Waals surface area contributed by atoms with Crippen LogP contribution >= 0.6 is 0 Å². The molecule has 0 bridgehead atoms. The van der Waals surface area contributed by atoms with Crippen molar-refractivity contribution in [3.63, 3.8) is 0 Å². The number of allylic oxidation sites excluding steroid dienone is 6. The summed E-state index contributed by atoms with van der Waals surface area (Å²) in [7, 11) is 0. The van der Waals surface area contributed by atoms with Gasteiger partial charge in [-0.05, 0) is 37.3 Å². The van der Waals surface area contributed by atoms with E-state index in [2.05, 4.69) is 45.6 Å². The Morgan fingerprint density at radius 1 is 1.33 bits per heavy atom. The zero-order chi connectivity index (χ0) is 11.7. The van der Waals surface area contributed by atoms with Gasteiger partial charge < -0.3 is 5.73 Å². The number of rotatable bonds is 6. The van der Waals surface area contributed by atoms with Gasteiger partial charge in [0.2, 0.25) is 0 Å². The highest BCUT2D eigenvalue weighted by atomic mass is 14.5. The summed E-state index contributed by atoms with van der Waals surface area (Å²) in [4.78, 5) is 0. The fourth-order valence-electron chi connectivity index (χ4n) is 1.24. The van der Waals surface area contributed by atoms with Crippen molar-refractivity contribution >= 4 is 0 Å². The van der Waals surface area contributed by atoms with Crippen molar-refractivity contribution in [1.82, 2.24) is 0 Å². The van der Waals surface area contributed by atoms with Crippen LogP contribution in [0.25, 0.3) is 0 Å². The van der Waals surface area contributed by atoms with Gasteiger partial charge in [-0.1, -0.05) is 44.2 Å². The minimum Gasteiger partial charge on any atom is -0.404 e. The zero-order valence-corrected chi connectivity index (χ0v) is 10.2. The molecule has 0 spiro atoms. The van der Waals surface area contributed by atoms with E-state index >= 15 is 0 Å². The number of hydrogen-bond donors (Lipinski definition) is 1. The van der Waals surface area contributed by atoms with Crippen LogP contribution in [-0.4, -0.2) is 0 Å². The second-order valence-corrected chi connectivity index (χ2v) is 3.63. The van der Waals surface area contributed by atoms with Crippen molar-refractivity contribution in [3.05, 3.63) is 47.7 Å². The molecule has 84 valence electrons. The van der Waals surface area contributed by atoms with E-state index in [0.717, 1.165) is 24.8 Å². The third-order valence-corrected chi connectivity index (χ3v) is 2.35. The Bertz CT molecular complexity index is 280. The first-order chi connectivity index (χ1) is 7.15. The number of nitrogens with two attached hydrogens (primary N) is 1. The normalized spacial score (nSPS) is 13.5. The van der Waals surface area contributed by atoms with Crippen LogP contribution < -0.4 is 5.73 Å². The lowest BCUT2D eigenvalue weighted by Gasteiger charge is -2.01. The summed E-state index contributed by atoms with van der Waals surface area (Å²) < 4.78 is 0. The highest BCUT2D eigenvalue weighted by Crippen LogP contribution is 2.12. The average molecular weight is 205 g/mol. The molecule has 0 amide bonds. The van der Waals surface area contributed by atoms with Crippen molar-refractivity contribution in [3.8, 4) is 0 Å². The van der Waals surface area contributed by atoms with Crippen molar-refractivity contribution in [2.45, 2.75) is 40.0 Å². The lowest BCUT2D eigenvalue weighted by atomic mass is 10.1. The van der Waals surface area contributed by atoms with Gasteiger partial charge in [0.1, 0.15) is 0 Å². The lowest BCUT2D eigenvalue weighted by molar-refractivity contribution is 1.04. The maximum Gasteiger partial charge on any atom is 0.00139 e. The van der Waals surface area contributed by atoms with Crippen LogP contribution in [0.15, 0.2) is 47.7 Å². The highest BCUT2D eigenvalue weighted by molar-refractivity contribution is 5.37. The standard InChI is InChI=1S/C14H23N/c1-5-8-13(4)14(11-15)10-7-9-12(3)6-2/h7-8,10-11H,3,5-6,9,15H2,1-2,4H3/b10-7-,13-8+,14-11+. The molecule has 0 aromatic carbocycles. The lowest BCUT2D eigenvalue weighted by Crippen LogP contribution is -1.88. The van der Waals surface area contributed by atoms with Crippen LogP contribution in [0.5, 0.6) is 0 Å². The second-order valence-electron chi connectivity index (χ2n) is 3.63. The third-order valence-electron chi connectivity index (χ3n) is 2.35. The molecule has 15 heavy (non-hydrogen) atoms. The molecule has 1 nitrogen and oxygen atoms in total. The minimum absolute atomic E-state index is 0.938. The summed E-state index contributed by atoms with van der Waals surface area (Å²) in [6.07, 6.45) is 11.0. The summed E-state index contributed by atoms with van der Waals surface area (Å²) >= 11 is 0. The molecule has 2 N–H and O–H groups in total. The van der Waals surface area contributed by atoms with E-state index < -0.39 is 0 Å². The highest BCUT2D eigenvalue weighted by Gasteiger charge is 1.93. The van der Waals surface area contributed by atoms with Gasteiger partial charge >= 0.3 is 0 Å². The van der Waals surface area contributed by atoms with Gasteiger partial charge in [-0.25, -0.2) is 0 Å². The van der Waals surface area contributed by atoms with Gasteiger partial charge in [0.15, 0.2) is 0 Å². The van der Waals surface area contributed by atoms with Crippen LogP contribution in [0.1, 0.15) is 40.0 Å². The molecule has 0 aliphatic carbocycles. The van der Waals surface area contributed by atoms with E-state index in [9.17, 15) is 0 Å². The Labute approximate surface area is 94.1 Å². The van der Waals surface area contributed by atoms with E-state index in [-0.39, 0.29) is 0 Å². The molecule has 0 aliphatic rings. The van der Waals surface area contributed by atoms with Gasteiger partial charge in [-0.2, -0.15) is 0 Å². The van der Waals surface area contributed by atoms with E-state index in [4.69, 9.17) is 5.73 Å². The van der Waals surface area contributed by atoms with Crippen LogP contribution in [0.3, 0.4) is 0 Å². The SMILES string of the molecule is C=C(CC)C\C=C/C(=C\N)C(/C)=C/CC. The summed E-state index contributed by atoms with van der Waals surface area (Å²) in [6.45, 7) is 10.3. The first-order valence-electron chi connectivity index (χ1n) is 5.57. The van der Waals surface area contributed by atoms with Crippen LogP contribution in [0.4, 0.5) is 0 Å². The van der Waals surface area contributed by atoms with Crippen molar-refractivity contribution in [2.75, 3.05) is 0 Å². The molecular formula is C14H23N. The largest absolute Gasteiger partial charge is 0.404 e. The smallest absolute Gasteiger partial charge is 0.00139 e. The predicted molar refractivity (Wildman–Crippen MR) is 69.5 cm³/mol. The summed E-state index contributed by atoms with van der Waals surface area (Å²) in [6, 6.07) is 0. The monoisotopic (exact) mass is 205 g/mol. The molecule has 1 heteroatoms. The Hall–Kier alpha value is -1.24. The maximum absolute atomic E-state index is 5.58. The Morgan fingerprint density at radius 3 is 2.47 bits per heavy atom. The van der Waals surface area contributed by atoms with Crippen LogP contribution in [-0.2, 0) is 0 Å². The van der Waals surface area contributed by atoms with Crippen molar-refractivity contribution < 1.29 is 0 Å². The van der Waals surface area contributed by atoms with Gasteiger partial charge in [0.25, 0.3) is 0 Å². The topological polar surface area (TPSA) is 26.0 Å². The van der Waals surface area contributed by atoms with E-state index in [0.29, 0.717) is 0 Å². The molecule has 0 saturated carbocycles. The van der Waals surface area contributed by atoms with Crippen molar-refractivity contribution in [1.29, 1.82) is 0 Å². The molecule has 0 aromatic heterocycles. The molecular weight excluding hydrogens is 182 g/mol. The first kappa shape index (κ1) is 13.8. The second kappa shape index (κ2) is 8.10. The summed E-state index contributed by atoms with van der Waals surface area (Å²) in [5, 5.41) is 0. The minimum atomic E-state index is 0.938. The molecule has 0 aromatic rings.